The van der Waals surface area contributed by atoms with Gasteiger partial charge in [-0.25, -0.2) is 9.59 Å². The lowest BCUT2D eigenvalue weighted by atomic mass is 9.99. The Morgan fingerprint density at radius 2 is 1.63 bits per heavy atom. The summed E-state index contributed by atoms with van der Waals surface area (Å²) in [5.74, 6) is -2.54. The molecule has 1 saturated heterocycles. The fourth-order valence-corrected chi connectivity index (χ4v) is 7.93. The standard InChI is InChI=1S/C43H64F2O10Si2/c1-29(30(2)55-57(12,13)42(3,4)5)22-23-34(52-39(46)31-18-15-14-16-19-31)38-35(53-43(6,7)54-38)21-17-20-32-26-33(51-41(44)45)27-36(50-28-48-8)37(32)40(47)49-24-25-56(9,10)11/h14-20,22-23,26-27,29-30,34-35,38,41H,21,24-25,28H2,1-13H3/t29-,30+,34?,35+,38-/m1/s1. The highest BCUT2D eigenvalue weighted by atomic mass is 28.4. The molecule has 10 nitrogen and oxygen atoms in total. The van der Waals surface area contributed by atoms with Crippen molar-refractivity contribution < 1.29 is 56.0 Å². The van der Waals surface area contributed by atoms with Crippen LogP contribution in [-0.4, -0.2) is 85.7 Å². The van der Waals surface area contributed by atoms with E-state index in [-0.39, 0.29) is 59.5 Å². The van der Waals surface area contributed by atoms with E-state index in [1.54, 1.807) is 50.3 Å². The number of esters is 2. The Hall–Kier alpha value is -3.41. The molecule has 0 aromatic heterocycles. The van der Waals surface area contributed by atoms with Crippen LogP contribution in [0.5, 0.6) is 11.5 Å². The van der Waals surface area contributed by atoms with Gasteiger partial charge in [0.25, 0.3) is 0 Å². The van der Waals surface area contributed by atoms with Crippen LogP contribution in [-0.2, 0) is 28.1 Å². The highest BCUT2D eigenvalue weighted by Crippen LogP contribution is 2.39. The number of carbonyl (C=O) groups excluding carboxylic acids is 2. The summed E-state index contributed by atoms with van der Waals surface area (Å²) in [4.78, 5) is 27.1. The number of carbonyl (C=O) groups is 2. The van der Waals surface area contributed by atoms with E-state index in [0.29, 0.717) is 5.56 Å². The SMILES string of the molecule is COCOc1cc(OC(F)F)cc(C=CC[C@@H]2OC(C)(C)O[C@@H]2C(C=C[C@@H](C)[C@H](C)O[Si](C)(C)C(C)(C)C)OC(=O)c2ccccc2)c1C(=O)OCC[Si](C)(C)C. The number of alkyl halides is 2. The van der Waals surface area contributed by atoms with Gasteiger partial charge in [0.2, 0.25) is 0 Å². The zero-order chi connectivity index (χ0) is 42.8. The van der Waals surface area contributed by atoms with E-state index < -0.39 is 59.0 Å². The normalized spacial score (nSPS) is 19.2. The molecule has 1 aliphatic rings. The molecule has 57 heavy (non-hydrogen) atoms. The molecular formula is C43H64F2O10Si2. The van der Waals surface area contributed by atoms with E-state index in [9.17, 15) is 18.4 Å². The Morgan fingerprint density at radius 1 is 0.965 bits per heavy atom. The zero-order valence-electron chi connectivity index (χ0n) is 36.0. The van der Waals surface area contributed by atoms with Crippen molar-refractivity contribution >= 4 is 34.4 Å². The van der Waals surface area contributed by atoms with Crippen molar-refractivity contribution in [3.05, 3.63) is 77.4 Å². The van der Waals surface area contributed by atoms with Crippen LogP contribution in [0.2, 0.25) is 43.8 Å². The summed E-state index contributed by atoms with van der Waals surface area (Å²) in [6.45, 7) is 22.0. The third kappa shape index (κ3) is 15.0. The molecule has 0 aliphatic carbocycles. The lowest BCUT2D eigenvalue weighted by molar-refractivity contribution is -0.152. The van der Waals surface area contributed by atoms with Crippen LogP contribution in [0.25, 0.3) is 6.08 Å². The van der Waals surface area contributed by atoms with Gasteiger partial charge >= 0.3 is 18.6 Å². The van der Waals surface area contributed by atoms with Gasteiger partial charge in [-0.2, -0.15) is 8.78 Å². The van der Waals surface area contributed by atoms with Gasteiger partial charge in [-0.3, -0.25) is 0 Å². The third-order valence-electron chi connectivity index (χ3n) is 10.0. The topological polar surface area (TPSA) is 108 Å². The van der Waals surface area contributed by atoms with E-state index in [4.69, 9.17) is 37.6 Å². The molecule has 1 aliphatic heterocycles. The second-order valence-corrected chi connectivity index (χ2v) is 28.0. The summed E-state index contributed by atoms with van der Waals surface area (Å²) in [5, 5.41) is 0.0320. The fourth-order valence-electron chi connectivity index (χ4n) is 5.71. The van der Waals surface area contributed by atoms with Crippen LogP contribution in [0.3, 0.4) is 0 Å². The van der Waals surface area contributed by atoms with E-state index in [1.807, 2.05) is 18.2 Å². The van der Waals surface area contributed by atoms with Crippen molar-refractivity contribution in [1.29, 1.82) is 0 Å². The highest BCUT2D eigenvalue weighted by Gasteiger charge is 2.46. The third-order valence-corrected chi connectivity index (χ3v) is 16.3. The van der Waals surface area contributed by atoms with Gasteiger partial charge in [-0.05, 0) is 87.1 Å². The minimum atomic E-state index is -3.12. The first-order valence-corrected chi connectivity index (χ1v) is 26.1. The Morgan fingerprint density at radius 3 is 2.23 bits per heavy atom. The van der Waals surface area contributed by atoms with Gasteiger partial charge in [-0.1, -0.05) is 83.8 Å². The minimum absolute atomic E-state index is 0.0292. The summed E-state index contributed by atoms with van der Waals surface area (Å²) >= 11 is 0. The number of rotatable bonds is 20. The maximum Gasteiger partial charge on any atom is 0.387 e. The molecule has 0 amide bonds. The maximum atomic E-state index is 13.6. The second kappa shape index (κ2) is 20.5. The van der Waals surface area contributed by atoms with Crippen molar-refractivity contribution in [3.8, 4) is 11.5 Å². The van der Waals surface area contributed by atoms with Crippen LogP contribution >= 0.6 is 0 Å². The molecule has 14 heteroatoms. The van der Waals surface area contributed by atoms with Crippen LogP contribution in [0, 0.1) is 5.92 Å². The molecule has 2 aromatic rings. The molecule has 318 valence electrons. The lowest BCUT2D eigenvalue weighted by Gasteiger charge is -2.39. The molecule has 5 atom stereocenters. The first kappa shape index (κ1) is 48.0. The quantitative estimate of drug-likeness (QED) is 0.0554. The van der Waals surface area contributed by atoms with Crippen molar-refractivity contribution in [2.75, 3.05) is 20.5 Å². The average Bonchev–Trinajstić information content (AvgIpc) is 3.41. The minimum Gasteiger partial charge on any atom is -0.466 e. The molecule has 2 aromatic carbocycles. The van der Waals surface area contributed by atoms with E-state index in [2.05, 4.69) is 67.4 Å². The van der Waals surface area contributed by atoms with Crippen molar-refractivity contribution in [3.63, 3.8) is 0 Å². The van der Waals surface area contributed by atoms with Crippen molar-refractivity contribution in [1.82, 2.24) is 0 Å². The molecule has 3 rings (SSSR count). The number of hydrogen-bond acceptors (Lipinski definition) is 10. The molecule has 0 N–H and O–H groups in total. The lowest BCUT2D eigenvalue weighted by Crippen LogP contribution is -2.44. The van der Waals surface area contributed by atoms with Gasteiger partial charge in [-0.15, -0.1) is 0 Å². The first-order valence-electron chi connectivity index (χ1n) is 19.5. The Bertz CT molecular complexity index is 1670. The predicted molar refractivity (Wildman–Crippen MR) is 223 cm³/mol. The van der Waals surface area contributed by atoms with Crippen LogP contribution in [0.15, 0.2) is 60.7 Å². The van der Waals surface area contributed by atoms with Crippen LogP contribution in [0.4, 0.5) is 8.78 Å². The molecule has 1 fully saturated rings. The Labute approximate surface area is 340 Å². The first-order chi connectivity index (χ1) is 26.4. The van der Waals surface area contributed by atoms with Gasteiger partial charge in [0.1, 0.15) is 29.3 Å². The van der Waals surface area contributed by atoms with Crippen molar-refractivity contribution in [2.24, 2.45) is 5.92 Å². The summed E-state index contributed by atoms with van der Waals surface area (Å²) in [6.07, 6.45) is 5.01. The molecule has 1 heterocycles. The highest BCUT2D eigenvalue weighted by molar-refractivity contribution is 6.76. The van der Waals surface area contributed by atoms with Gasteiger partial charge < -0.3 is 37.6 Å². The molecule has 0 saturated carbocycles. The van der Waals surface area contributed by atoms with E-state index in [0.717, 1.165) is 6.04 Å². The average molecular weight is 835 g/mol. The smallest absolute Gasteiger partial charge is 0.387 e. The number of hydrogen-bond donors (Lipinski definition) is 0. The summed E-state index contributed by atoms with van der Waals surface area (Å²) in [6, 6.07) is 12.0. The summed E-state index contributed by atoms with van der Waals surface area (Å²) in [5.41, 5.74) is 0.639. The number of ether oxygens (including phenoxy) is 7. The Balaban J connectivity index is 2.00. The maximum absolute atomic E-state index is 13.6. The van der Waals surface area contributed by atoms with Gasteiger partial charge in [0.15, 0.2) is 20.9 Å². The zero-order valence-corrected chi connectivity index (χ0v) is 38.0. The molecule has 0 bridgehead atoms. The number of halogens is 2. The van der Waals surface area contributed by atoms with Crippen LogP contribution in [0.1, 0.15) is 81.2 Å². The number of methoxy groups -OCH3 is 1. The van der Waals surface area contributed by atoms with Crippen molar-refractivity contribution in [2.45, 2.75) is 136 Å². The van der Waals surface area contributed by atoms with E-state index in [1.165, 1.54) is 19.2 Å². The van der Waals surface area contributed by atoms with Crippen LogP contribution < -0.4 is 9.47 Å². The molecular weight excluding hydrogens is 771 g/mol. The summed E-state index contributed by atoms with van der Waals surface area (Å²) < 4.78 is 73.6. The monoisotopic (exact) mass is 834 g/mol. The fraction of sp³-hybridized carbons (Fsp3) is 0.581. The van der Waals surface area contributed by atoms with Gasteiger partial charge in [0.05, 0.1) is 18.3 Å². The summed E-state index contributed by atoms with van der Waals surface area (Å²) in [7, 11) is -2.20. The molecule has 1 unspecified atom stereocenters. The van der Waals surface area contributed by atoms with Gasteiger partial charge in [0, 0.05) is 27.4 Å². The number of benzene rings is 2. The molecule has 0 spiro atoms. The largest absolute Gasteiger partial charge is 0.466 e. The predicted octanol–water partition coefficient (Wildman–Crippen LogP) is 10.5. The second-order valence-electron chi connectivity index (χ2n) is 17.6. The Kier molecular flexibility index (Phi) is 17.3. The molecule has 0 radical (unpaired) electrons. The van der Waals surface area contributed by atoms with E-state index >= 15 is 0 Å².